The highest BCUT2D eigenvalue weighted by Crippen LogP contribution is 2.32. The fourth-order valence-corrected chi connectivity index (χ4v) is 3.04. The van der Waals surface area contributed by atoms with Gasteiger partial charge in [0.05, 0.1) is 18.3 Å². The molecule has 0 saturated carbocycles. The second kappa shape index (κ2) is 6.47. The highest BCUT2D eigenvalue weighted by atomic mass is 16.7. The Hall–Kier alpha value is -3.02. The van der Waals surface area contributed by atoms with E-state index in [-0.39, 0.29) is 12.7 Å². The van der Waals surface area contributed by atoms with Gasteiger partial charge in [-0.3, -0.25) is 9.48 Å². The van der Waals surface area contributed by atoms with Gasteiger partial charge in [-0.1, -0.05) is 24.3 Å². The second-order valence-electron chi connectivity index (χ2n) is 6.09. The van der Waals surface area contributed by atoms with E-state index in [4.69, 9.17) is 9.47 Å². The minimum atomic E-state index is -0.00472. The molecule has 0 bridgehead atoms. The largest absolute Gasteiger partial charge is 0.454 e. The summed E-state index contributed by atoms with van der Waals surface area (Å²) in [4.78, 5) is 12.2. The summed E-state index contributed by atoms with van der Waals surface area (Å²) < 4.78 is 12.5. The van der Waals surface area contributed by atoms with Crippen LogP contribution in [0.5, 0.6) is 11.5 Å². The molecule has 0 saturated heterocycles. The van der Waals surface area contributed by atoms with E-state index in [0.29, 0.717) is 19.5 Å². The molecule has 4 rings (SSSR count). The predicted octanol–water partition coefficient (Wildman–Crippen LogP) is 2.78. The highest BCUT2D eigenvalue weighted by molar-refractivity contribution is 5.82. The molecule has 2 aromatic carbocycles. The normalized spacial score (nSPS) is 12.5. The molecule has 0 fully saturated rings. The molecule has 1 aromatic heterocycles. The van der Waals surface area contributed by atoms with Gasteiger partial charge in [0.1, 0.15) is 0 Å². The minimum absolute atomic E-state index is 0.00472. The molecule has 25 heavy (non-hydrogen) atoms. The number of nitrogens with zero attached hydrogens (tertiary/aromatic N) is 2. The van der Waals surface area contributed by atoms with Gasteiger partial charge in [-0.2, -0.15) is 5.10 Å². The summed E-state index contributed by atoms with van der Waals surface area (Å²) in [5.41, 5.74) is 3.24. The zero-order valence-corrected chi connectivity index (χ0v) is 14.0. The number of aromatic nitrogens is 2. The van der Waals surface area contributed by atoms with E-state index in [0.717, 1.165) is 33.5 Å². The van der Waals surface area contributed by atoms with Gasteiger partial charge >= 0.3 is 0 Å². The van der Waals surface area contributed by atoms with Crippen LogP contribution in [0.15, 0.2) is 42.6 Å². The van der Waals surface area contributed by atoms with Crippen molar-refractivity contribution >= 4 is 16.8 Å². The molecule has 1 aliphatic rings. The molecule has 3 aromatic rings. The van der Waals surface area contributed by atoms with Gasteiger partial charge in [-0.25, -0.2) is 0 Å². The minimum Gasteiger partial charge on any atom is -0.454 e. The summed E-state index contributed by atoms with van der Waals surface area (Å²) in [5, 5.41) is 8.43. The first-order valence-electron chi connectivity index (χ1n) is 8.27. The maximum absolute atomic E-state index is 12.2. The van der Waals surface area contributed by atoms with E-state index in [1.54, 1.807) is 0 Å². The molecule has 128 valence electrons. The second-order valence-corrected chi connectivity index (χ2v) is 6.09. The molecule has 1 aliphatic heterocycles. The van der Waals surface area contributed by atoms with Gasteiger partial charge in [0.15, 0.2) is 11.5 Å². The molecule has 1 N–H and O–H groups in total. The maximum atomic E-state index is 12.2. The zero-order chi connectivity index (χ0) is 17.2. The molecular formula is C19H19N3O3. The number of fused-ring (bicyclic) bond motifs is 2. The summed E-state index contributed by atoms with van der Waals surface area (Å²) in [6.45, 7) is 3.33. The first-order chi connectivity index (χ1) is 12.2. The lowest BCUT2D eigenvalue weighted by atomic mass is 10.2. The number of aryl methyl sites for hydroxylation is 2. The van der Waals surface area contributed by atoms with Crippen molar-refractivity contribution in [2.75, 3.05) is 6.79 Å². The summed E-state index contributed by atoms with van der Waals surface area (Å²) >= 11 is 0. The number of amides is 1. The molecule has 1 amide bonds. The van der Waals surface area contributed by atoms with Gasteiger partial charge in [-0.05, 0) is 30.2 Å². The van der Waals surface area contributed by atoms with Crippen molar-refractivity contribution in [3.63, 3.8) is 0 Å². The van der Waals surface area contributed by atoms with Crippen LogP contribution in [0, 0.1) is 6.92 Å². The van der Waals surface area contributed by atoms with Crippen molar-refractivity contribution in [1.29, 1.82) is 0 Å². The zero-order valence-electron chi connectivity index (χ0n) is 14.0. The predicted molar refractivity (Wildman–Crippen MR) is 93.5 cm³/mol. The summed E-state index contributed by atoms with van der Waals surface area (Å²) in [7, 11) is 0. The van der Waals surface area contributed by atoms with Crippen LogP contribution in [-0.4, -0.2) is 22.5 Å². The first-order valence-corrected chi connectivity index (χ1v) is 8.27. The summed E-state index contributed by atoms with van der Waals surface area (Å²) in [6.07, 6.45) is 2.22. The van der Waals surface area contributed by atoms with Crippen LogP contribution in [0.25, 0.3) is 10.9 Å². The fourth-order valence-electron chi connectivity index (χ4n) is 3.04. The third-order valence-corrected chi connectivity index (χ3v) is 4.34. The van der Waals surface area contributed by atoms with Crippen LogP contribution in [0.4, 0.5) is 0 Å². The van der Waals surface area contributed by atoms with Crippen molar-refractivity contribution in [1.82, 2.24) is 15.1 Å². The van der Waals surface area contributed by atoms with E-state index in [1.165, 1.54) is 0 Å². The van der Waals surface area contributed by atoms with Crippen molar-refractivity contribution < 1.29 is 14.3 Å². The number of carbonyl (C=O) groups is 1. The Labute approximate surface area is 145 Å². The Kier molecular flexibility index (Phi) is 4.01. The first kappa shape index (κ1) is 15.5. The Balaban J connectivity index is 1.34. The Bertz CT molecular complexity index is 933. The smallest absolute Gasteiger partial charge is 0.231 e. The molecule has 2 heterocycles. The molecule has 0 aliphatic carbocycles. The monoisotopic (exact) mass is 337 g/mol. The van der Waals surface area contributed by atoms with E-state index in [1.807, 2.05) is 41.2 Å². The molecule has 0 radical (unpaired) electrons. The van der Waals surface area contributed by atoms with Gasteiger partial charge in [0.2, 0.25) is 12.7 Å². The number of benzene rings is 2. The van der Waals surface area contributed by atoms with Crippen molar-refractivity contribution in [2.45, 2.75) is 26.4 Å². The van der Waals surface area contributed by atoms with Gasteiger partial charge in [0, 0.05) is 18.4 Å². The van der Waals surface area contributed by atoms with Gasteiger partial charge in [-0.15, -0.1) is 0 Å². The van der Waals surface area contributed by atoms with Crippen LogP contribution in [-0.2, 0) is 17.9 Å². The number of ether oxygens (including phenoxy) is 2. The molecular weight excluding hydrogens is 318 g/mol. The molecule has 6 nitrogen and oxygen atoms in total. The number of para-hydroxylation sites is 1. The Morgan fingerprint density at radius 2 is 2.12 bits per heavy atom. The standard InChI is InChI=1S/C19H19N3O3/c1-13-3-2-4-15-11-21-22(19(13)15)8-7-18(23)20-10-14-5-6-16-17(9-14)25-12-24-16/h2-6,9,11H,7-8,10,12H2,1H3,(H,20,23). The third kappa shape index (κ3) is 3.15. The summed E-state index contributed by atoms with van der Waals surface area (Å²) in [5.74, 6) is 1.47. The van der Waals surface area contributed by atoms with Gasteiger partial charge < -0.3 is 14.8 Å². The van der Waals surface area contributed by atoms with E-state index in [2.05, 4.69) is 23.4 Å². The Morgan fingerprint density at radius 1 is 1.24 bits per heavy atom. The summed E-state index contributed by atoms with van der Waals surface area (Å²) in [6, 6.07) is 11.8. The van der Waals surface area contributed by atoms with Crippen LogP contribution in [0.2, 0.25) is 0 Å². The highest BCUT2D eigenvalue weighted by Gasteiger charge is 2.13. The van der Waals surface area contributed by atoms with E-state index < -0.39 is 0 Å². The Morgan fingerprint density at radius 3 is 3.04 bits per heavy atom. The lowest BCUT2D eigenvalue weighted by molar-refractivity contribution is -0.121. The van der Waals surface area contributed by atoms with Crippen LogP contribution < -0.4 is 14.8 Å². The van der Waals surface area contributed by atoms with Crippen molar-refractivity contribution in [3.8, 4) is 11.5 Å². The maximum Gasteiger partial charge on any atom is 0.231 e. The average molecular weight is 337 g/mol. The van der Waals surface area contributed by atoms with E-state index in [9.17, 15) is 4.79 Å². The number of carbonyl (C=O) groups excluding carboxylic acids is 1. The van der Waals surface area contributed by atoms with Crippen molar-refractivity contribution in [2.24, 2.45) is 0 Å². The van der Waals surface area contributed by atoms with Crippen LogP contribution >= 0.6 is 0 Å². The number of nitrogens with one attached hydrogen (secondary N) is 1. The third-order valence-electron chi connectivity index (χ3n) is 4.34. The van der Waals surface area contributed by atoms with Crippen LogP contribution in [0.3, 0.4) is 0 Å². The number of hydrogen-bond acceptors (Lipinski definition) is 4. The van der Waals surface area contributed by atoms with E-state index >= 15 is 0 Å². The quantitative estimate of drug-likeness (QED) is 0.777. The lowest BCUT2D eigenvalue weighted by Gasteiger charge is -2.08. The molecule has 0 unspecified atom stereocenters. The lowest BCUT2D eigenvalue weighted by Crippen LogP contribution is -2.24. The van der Waals surface area contributed by atoms with Crippen molar-refractivity contribution in [3.05, 3.63) is 53.7 Å². The molecule has 0 spiro atoms. The number of hydrogen-bond donors (Lipinski definition) is 1. The van der Waals surface area contributed by atoms with Crippen LogP contribution in [0.1, 0.15) is 17.5 Å². The van der Waals surface area contributed by atoms with Gasteiger partial charge in [0.25, 0.3) is 0 Å². The number of rotatable bonds is 5. The molecule has 6 heteroatoms. The topological polar surface area (TPSA) is 65.4 Å². The fraction of sp³-hybridized carbons (Fsp3) is 0.263. The average Bonchev–Trinajstić information content (AvgIpc) is 3.25. The SMILES string of the molecule is Cc1cccc2cnn(CCC(=O)NCc3ccc4c(c3)OCO4)c12. The molecule has 0 atom stereocenters.